The quantitative estimate of drug-likeness (QED) is 0.620. The van der Waals surface area contributed by atoms with E-state index in [0.717, 1.165) is 22.3 Å². The van der Waals surface area contributed by atoms with Crippen LogP contribution in [0.3, 0.4) is 0 Å². The highest BCUT2D eigenvalue weighted by atomic mass is 16.4. The van der Waals surface area contributed by atoms with Crippen molar-refractivity contribution in [3.8, 4) is 22.3 Å². The van der Waals surface area contributed by atoms with Crippen LogP contribution in [0.1, 0.15) is 28.7 Å². The molecule has 2 heteroatoms. The number of aliphatic carboxylic acids is 1. The topological polar surface area (TPSA) is 37.3 Å². The zero-order valence-electron chi connectivity index (χ0n) is 15.5. The van der Waals surface area contributed by atoms with Crippen LogP contribution >= 0.6 is 0 Å². The fraction of sp³-hybridized carbons (Fsp3) is 0.208. The van der Waals surface area contributed by atoms with Gasteiger partial charge in [0.05, 0.1) is 0 Å². The Hall–Kier alpha value is -2.87. The molecule has 0 spiro atoms. The van der Waals surface area contributed by atoms with E-state index in [1.54, 1.807) is 0 Å². The molecule has 0 aromatic heterocycles. The summed E-state index contributed by atoms with van der Waals surface area (Å²) in [6, 6.07) is 21.3. The number of carboxylic acid groups (broad SMARTS) is 1. The monoisotopic (exact) mass is 344 g/mol. The number of carbonyl (C=O) groups is 1. The fourth-order valence-corrected chi connectivity index (χ4v) is 3.42. The second kappa shape index (κ2) is 7.57. The van der Waals surface area contributed by atoms with Crippen LogP contribution in [0.4, 0.5) is 0 Å². The molecule has 3 rings (SSSR count). The average Bonchev–Trinajstić information content (AvgIpc) is 2.60. The highest BCUT2D eigenvalue weighted by molar-refractivity contribution is 5.76. The van der Waals surface area contributed by atoms with Crippen molar-refractivity contribution in [3.05, 3.63) is 82.9 Å². The first-order valence-electron chi connectivity index (χ1n) is 8.93. The first-order valence-corrected chi connectivity index (χ1v) is 8.93. The third kappa shape index (κ3) is 4.02. The first-order chi connectivity index (χ1) is 12.4. The van der Waals surface area contributed by atoms with Gasteiger partial charge in [0, 0.05) is 6.42 Å². The van der Waals surface area contributed by atoms with Crippen molar-refractivity contribution in [2.45, 2.75) is 33.6 Å². The van der Waals surface area contributed by atoms with Gasteiger partial charge in [-0.05, 0) is 60.6 Å². The van der Waals surface area contributed by atoms with E-state index >= 15 is 0 Å². The lowest BCUT2D eigenvalue weighted by Gasteiger charge is -2.13. The van der Waals surface area contributed by atoms with Crippen molar-refractivity contribution >= 4 is 5.97 Å². The van der Waals surface area contributed by atoms with E-state index in [4.69, 9.17) is 5.11 Å². The molecule has 0 fully saturated rings. The number of carboxylic acids is 1. The second-order valence-electron chi connectivity index (χ2n) is 6.95. The van der Waals surface area contributed by atoms with E-state index in [2.05, 4.69) is 74.5 Å². The van der Waals surface area contributed by atoms with Crippen LogP contribution in [-0.2, 0) is 11.2 Å². The number of hydrogen-bond donors (Lipinski definition) is 1. The van der Waals surface area contributed by atoms with Crippen molar-refractivity contribution in [2.75, 3.05) is 0 Å². The van der Waals surface area contributed by atoms with Gasteiger partial charge in [-0.1, -0.05) is 71.8 Å². The summed E-state index contributed by atoms with van der Waals surface area (Å²) in [5.74, 6) is -0.761. The highest BCUT2D eigenvalue weighted by Crippen LogP contribution is 2.31. The second-order valence-corrected chi connectivity index (χ2v) is 6.95. The van der Waals surface area contributed by atoms with E-state index in [-0.39, 0.29) is 6.42 Å². The zero-order chi connectivity index (χ0) is 18.7. The van der Waals surface area contributed by atoms with Crippen LogP contribution in [0, 0.1) is 20.8 Å². The molecule has 0 aliphatic heterocycles. The molecule has 2 nitrogen and oxygen atoms in total. The molecule has 0 aliphatic carbocycles. The van der Waals surface area contributed by atoms with Crippen LogP contribution < -0.4 is 0 Å². The minimum atomic E-state index is -0.761. The van der Waals surface area contributed by atoms with Crippen molar-refractivity contribution < 1.29 is 9.90 Å². The minimum Gasteiger partial charge on any atom is -0.481 e. The van der Waals surface area contributed by atoms with Gasteiger partial charge in [0.15, 0.2) is 0 Å². The lowest BCUT2D eigenvalue weighted by Crippen LogP contribution is -1.99. The molecule has 0 saturated carbocycles. The Morgan fingerprint density at radius 3 is 2.19 bits per heavy atom. The molecule has 132 valence electrons. The fourth-order valence-electron chi connectivity index (χ4n) is 3.42. The van der Waals surface area contributed by atoms with Gasteiger partial charge in [-0.25, -0.2) is 0 Å². The summed E-state index contributed by atoms with van der Waals surface area (Å²) in [4.78, 5) is 11.0. The van der Waals surface area contributed by atoms with Crippen molar-refractivity contribution in [2.24, 2.45) is 0 Å². The van der Waals surface area contributed by atoms with Crippen LogP contribution in [0.2, 0.25) is 0 Å². The Morgan fingerprint density at radius 2 is 1.50 bits per heavy atom. The molecule has 0 bridgehead atoms. The molecule has 0 radical (unpaired) electrons. The van der Waals surface area contributed by atoms with Gasteiger partial charge >= 0.3 is 5.97 Å². The summed E-state index contributed by atoms with van der Waals surface area (Å²) in [6.45, 7) is 6.28. The Morgan fingerprint density at radius 1 is 0.808 bits per heavy atom. The maximum absolute atomic E-state index is 11.0. The van der Waals surface area contributed by atoms with E-state index < -0.39 is 5.97 Å². The average molecular weight is 344 g/mol. The smallest absolute Gasteiger partial charge is 0.303 e. The lowest BCUT2D eigenvalue weighted by atomic mass is 9.91. The predicted molar refractivity (Wildman–Crippen MR) is 107 cm³/mol. The Balaban J connectivity index is 2.00. The number of rotatable bonds is 5. The highest BCUT2D eigenvalue weighted by Gasteiger charge is 2.10. The molecule has 0 amide bonds. The Kier molecular flexibility index (Phi) is 5.22. The molecule has 0 saturated heterocycles. The van der Waals surface area contributed by atoms with E-state index in [1.165, 1.54) is 22.3 Å². The molecule has 3 aromatic rings. The summed E-state index contributed by atoms with van der Waals surface area (Å²) in [5, 5.41) is 9.03. The third-order valence-electron chi connectivity index (χ3n) is 4.74. The van der Waals surface area contributed by atoms with Crippen LogP contribution in [0.5, 0.6) is 0 Å². The molecule has 0 unspecified atom stereocenters. The molecule has 1 N–H and O–H groups in total. The maximum Gasteiger partial charge on any atom is 0.303 e. The van der Waals surface area contributed by atoms with Gasteiger partial charge in [-0.15, -0.1) is 0 Å². The Labute approximate surface area is 155 Å². The molecular weight excluding hydrogens is 320 g/mol. The standard InChI is InChI=1S/C24H24O2/c1-16-5-4-6-19(13-16)22-11-8-21(15-18(22)3)23-10-7-17(2)14-20(23)9-12-24(25)26/h4-8,10-11,13-15H,9,12H2,1-3H3,(H,25,26). The summed E-state index contributed by atoms with van der Waals surface area (Å²) < 4.78 is 0. The van der Waals surface area contributed by atoms with Crippen LogP contribution in [0.25, 0.3) is 22.3 Å². The molecule has 0 atom stereocenters. The molecule has 0 aliphatic rings. The number of aryl methyl sites for hydroxylation is 4. The van der Waals surface area contributed by atoms with Gasteiger partial charge in [0.25, 0.3) is 0 Å². The van der Waals surface area contributed by atoms with Gasteiger partial charge in [-0.3, -0.25) is 4.79 Å². The maximum atomic E-state index is 11.0. The van der Waals surface area contributed by atoms with Gasteiger partial charge in [0.2, 0.25) is 0 Å². The molecule has 3 aromatic carbocycles. The largest absolute Gasteiger partial charge is 0.481 e. The zero-order valence-corrected chi connectivity index (χ0v) is 15.5. The van der Waals surface area contributed by atoms with E-state index in [9.17, 15) is 4.79 Å². The van der Waals surface area contributed by atoms with E-state index in [0.29, 0.717) is 6.42 Å². The van der Waals surface area contributed by atoms with Gasteiger partial charge < -0.3 is 5.11 Å². The van der Waals surface area contributed by atoms with Crippen molar-refractivity contribution in [1.82, 2.24) is 0 Å². The van der Waals surface area contributed by atoms with Gasteiger partial charge in [-0.2, -0.15) is 0 Å². The van der Waals surface area contributed by atoms with Crippen molar-refractivity contribution in [3.63, 3.8) is 0 Å². The lowest BCUT2D eigenvalue weighted by molar-refractivity contribution is -0.136. The SMILES string of the molecule is Cc1cccc(-c2ccc(-c3ccc(C)cc3CCC(=O)O)cc2C)c1. The Bertz CT molecular complexity index is 954. The van der Waals surface area contributed by atoms with Crippen molar-refractivity contribution in [1.29, 1.82) is 0 Å². The predicted octanol–water partition coefficient (Wildman–Crippen LogP) is 5.96. The van der Waals surface area contributed by atoms with Gasteiger partial charge in [0.1, 0.15) is 0 Å². The number of benzene rings is 3. The van der Waals surface area contributed by atoms with E-state index in [1.807, 2.05) is 6.92 Å². The number of hydrogen-bond acceptors (Lipinski definition) is 1. The molecule has 26 heavy (non-hydrogen) atoms. The van der Waals surface area contributed by atoms with Crippen LogP contribution in [-0.4, -0.2) is 11.1 Å². The third-order valence-corrected chi connectivity index (χ3v) is 4.74. The molecular formula is C24H24O2. The summed E-state index contributed by atoms with van der Waals surface area (Å²) in [6.07, 6.45) is 0.696. The summed E-state index contributed by atoms with van der Waals surface area (Å²) in [5.41, 5.74) is 9.44. The summed E-state index contributed by atoms with van der Waals surface area (Å²) >= 11 is 0. The molecule has 0 heterocycles. The minimum absolute atomic E-state index is 0.150. The van der Waals surface area contributed by atoms with Crippen LogP contribution in [0.15, 0.2) is 60.7 Å². The summed E-state index contributed by atoms with van der Waals surface area (Å²) in [7, 11) is 0. The normalized spacial score (nSPS) is 10.7. The first kappa shape index (κ1) is 17.9.